The molecule has 3 nitrogen and oxygen atoms in total. The molecule has 0 bridgehead atoms. The van der Waals surface area contributed by atoms with Crippen molar-refractivity contribution in [3.8, 4) is 10.6 Å². The maximum absolute atomic E-state index is 13.8. The molecule has 0 N–H and O–H groups in total. The van der Waals surface area contributed by atoms with E-state index >= 15 is 0 Å². The maximum Gasteiger partial charge on any atom is 0.149 e. The van der Waals surface area contributed by atoms with Crippen molar-refractivity contribution in [3.63, 3.8) is 0 Å². The van der Waals surface area contributed by atoms with Gasteiger partial charge in [0.05, 0.1) is 10.6 Å². The second kappa shape index (κ2) is 8.24. The minimum Gasteiger partial charge on any atom is -0.388 e. The number of hydrogen-bond acceptors (Lipinski definition) is 5. The summed E-state index contributed by atoms with van der Waals surface area (Å²) in [4.78, 5) is 11.4. The Hall–Kier alpha value is -2.25. The van der Waals surface area contributed by atoms with Crippen molar-refractivity contribution in [1.29, 1.82) is 0 Å². The fourth-order valence-electron chi connectivity index (χ4n) is 3.19. The first-order chi connectivity index (χ1) is 14.0. The number of thioether (sulfide) groups is 1. The van der Waals surface area contributed by atoms with Gasteiger partial charge in [-0.15, -0.1) is 11.3 Å². The standard InChI is InChI=1S/C22H20F2N2OS2/c1-14-20(29-21(25-14)15-7-4-3-5-8-15)19-11-22(2,27-26-19)13-28-12-16-17(23)9-6-10-18(16)24/h3-10H,11-13H2,1-2H3. The smallest absolute Gasteiger partial charge is 0.149 e. The summed E-state index contributed by atoms with van der Waals surface area (Å²) in [6.07, 6.45) is 0.636. The van der Waals surface area contributed by atoms with E-state index in [1.54, 1.807) is 11.3 Å². The number of aryl methyl sites for hydroxylation is 1. The summed E-state index contributed by atoms with van der Waals surface area (Å²) in [7, 11) is 0. The first kappa shape index (κ1) is 20.0. The normalized spacial score (nSPS) is 18.6. The number of rotatable bonds is 6. The van der Waals surface area contributed by atoms with Crippen LogP contribution in [-0.2, 0) is 10.6 Å². The second-order valence-corrected chi connectivity index (χ2v) is 9.23. The van der Waals surface area contributed by atoms with Crippen LogP contribution >= 0.6 is 23.1 Å². The molecule has 1 atom stereocenters. The highest BCUT2D eigenvalue weighted by atomic mass is 32.2. The quantitative estimate of drug-likeness (QED) is 0.466. The van der Waals surface area contributed by atoms with Crippen LogP contribution in [0.2, 0.25) is 0 Å². The summed E-state index contributed by atoms with van der Waals surface area (Å²) < 4.78 is 27.6. The summed E-state index contributed by atoms with van der Waals surface area (Å²) in [6, 6.07) is 14.0. The molecule has 4 rings (SSSR count). The van der Waals surface area contributed by atoms with Gasteiger partial charge in [0.1, 0.15) is 28.0 Å². The van der Waals surface area contributed by atoms with E-state index in [-0.39, 0.29) is 11.3 Å². The number of benzene rings is 2. The Labute approximate surface area is 176 Å². The molecule has 3 aromatic rings. The molecule has 2 aromatic carbocycles. The minimum atomic E-state index is -0.513. The molecule has 0 fully saturated rings. The van der Waals surface area contributed by atoms with Crippen molar-refractivity contribution in [2.75, 3.05) is 5.75 Å². The molecule has 0 radical (unpaired) electrons. The van der Waals surface area contributed by atoms with Crippen LogP contribution in [0.25, 0.3) is 10.6 Å². The molecule has 1 aromatic heterocycles. The van der Waals surface area contributed by atoms with Crippen molar-refractivity contribution < 1.29 is 13.6 Å². The third kappa shape index (κ3) is 4.36. The van der Waals surface area contributed by atoms with Crippen molar-refractivity contribution in [1.82, 2.24) is 4.98 Å². The van der Waals surface area contributed by atoms with Gasteiger partial charge in [0.2, 0.25) is 0 Å². The van der Waals surface area contributed by atoms with Gasteiger partial charge in [-0.3, -0.25) is 0 Å². The molecule has 1 aliphatic heterocycles. The molecule has 29 heavy (non-hydrogen) atoms. The number of halogens is 2. The molecule has 0 aliphatic carbocycles. The highest BCUT2D eigenvalue weighted by Gasteiger charge is 2.36. The van der Waals surface area contributed by atoms with E-state index in [9.17, 15) is 8.78 Å². The minimum absolute atomic E-state index is 0.103. The largest absolute Gasteiger partial charge is 0.388 e. The van der Waals surface area contributed by atoms with Gasteiger partial charge in [-0.2, -0.15) is 11.8 Å². The summed E-state index contributed by atoms with van der Waals surface area (Å²) in [5, 5.41) is 5.27. The molecular formula is C22H20F2N2OS2. The zero-order valence-electron chi connectivity index (χ0n) is 16.1. The Kier molecular flexibility index (Phi) is 5.69. The highest BCUT2D eigenvalue weighted by molar-refractivity contribution is 7.98. The Morgan fingerprint density at radius 2 is 1.83 bits per heavy atom. The Balaban J connectivity index is 1.41. The van der Waals surface area contributed by atoms with E-state index in [2.05, 4.69) is 10.1 Å². The maximum atomic E-state index is 13.8. The Morgan fingerprint density at radius 3 is 2.55 bits per heavy atom. The van der Waals surface area contributed by atoms with E-state index < -0.39 is 17.2 Å². The molecular weight excluding hydrogens is 410 g/mol. The van der Waals surface area contributed by atoms with Gasteiger partial charge in [0.15, 0.2) is 0 Å². The summed E-state index contributed by atoms with van der Waals surface area (Å²) in [6.45, 7) is 3.95. The Bertz CT molecular complexity index is 1030. The fourth-order valence-corrected chi connectivity index (χ4v) is 5.41. The molecule has 0 amide bonds. The lowest BCUT2D eigenvalue weighted by molar-refractivity contribution is 0.0163. The van der Waals surface area contributed by atoms with Crippen LogP contribution in [0.15, 0.2) is 53.7 Å². The van der Waals surface area contributed by atoms with Gasteiger partial charge < -0.3 is 4.84 Å². The molecule has 2 heterocycles. The van der Waals surface area contributed by atoms with Crippen molar-refractivity contribution in [3.05, 3.63) is 76.3 Å². The van der Waals surface area contributed by atoms with Crippen molar-refractivity contribution in [2.45, 2.75) is 31.6 Å². The average molecular weight is 431 g/mol. The lowest BCUT2D eigenvalue weighted by atomic mass is 10.0. The van der Waals surface area contributed by atoms with Crippen molar-refractivity contribution in [2.24, 2.45) is 5.16 Å². The number of thiazole rings is 1. The predicted molar refractivity (Wildman–Crippen MR) is 115 cm³/mol. The first-order valence-electron chi connectivity index (χ1n) is 9.24. The first-order valence-corrected chi connectivity index (χ1v) is 11.2. The lowest BCUT2D eigenvalue weighted by Crippen LogP contribution is -2.28. The van der Waals surface area contributed by atoms with E-state index in [0.717, 1.165) is 26.9 Å². The van der Waals surface area contributed by atoms with Crippen LogP contribution in [0.4, 0.5) is 8.78 Å². The van der Waals surface area contributed by atoms with Gasteiger partial charge in [0, 0.05) is 29.1 Å². The molecule has 0 saturated heterocycles. The van der Waals surface area contributed by atoms with E-state index in [1.807, 2.05) is 44.2 Å². The highest BCUT2D eigenvalue weighted by Crippen LogP contribution is 2.36. The average Bonchev–Trinajstić information content (AvgIpc) is 3.28. The second-order valence-electron chi connectivity index (χ2n) is 7.25. The number of aromatic nitrogens is 1. The molecule has 1 unspecified atom stereocenters. The molecule has 1 aliphatic rings. The zero-order chi connectivity index (χ0) is 20.4. The molecule has 7 heteroatoms. The third-order valence-electron chi connectivity index (χ3n) is 4.71. The molecule has 150 valence electrons. The van der Waals surface area contributed by atoms with Crippen LogP contribution < -0.4 is 0 Å². The summed E-state index contributed by atoms with van der Waals surface area (Å²) in [5.74, 6) is -0.192. The van der Waals surface area contributed by atoms with E-state index in [4.69, 9.17) is 4.84 Å². The monoisotopic (exact) mass is 430 g/mol. The summed E-state index contributed by atoms with van der Waals surface area (Å²) >= 11 is 3.05. The lowest BCUT2D eigenvalue weighted by Gasteiger charge is -2.20. The molecule has 0 saturated carbocycles. The van der Waals surface area contributed by atoms with Gasteiger partial charge in [-0.1, -0.05) is 41.6 Å². The topological polar surface area (TPSA) is 34.5 Å². The predicted octanol–water partition coefficient (Wildman–Crippen LogP) is 6.21. The van der Waals surface area contributed by atoms with Crippen LogP contribution in [0.1, 0.15) is 29.5 Å². The Morgan fingerprint density at radius 1 is 1.10 bits per heavy atom. The van der Waals surface area contributed by atoms with Crippen LogP contribution in [-0.4, -0.2) is 22.0 Å². The SMILES string of the molecule is Cc1nc(-c2ccccc2)sc1C1=NOC(C)(CSCc2c(F)cccc2F)C1. The van der Waals surface area contributed by atoms with Crippen molar-refractivity contribution >= 4 is 28.8 Å². The van der Waals surface area contributed by atoms with E-state index in [1.165, 1.54) is 30.0 Å². The van der Waals surface area contributed by atoms with Crippen LogP contribution in [0, 0.1) is 18.6 Å². The fraction of sp³-hybridized carbons (Fsp3) is 0.273. The number of oxime groups is 1. The van der Waals surface area contributed by atoms with Gasteiger partial charge >= 0.3 is 0 Å². The third-order valence-corrected chi connectivity index (χ3v) is 7.28. The zero-order valence-corrected chi connectivity index (χ0v) is 17.7. The van der Waals surface area contributed by atoms with Crippen LogP contribution in [0.3, 0.4) is 0 Å². The van der Waals surface area contributed by atoms with E-state index in [0.29, 0.717) is 12.2 Å². The van der Waals surface area contributed by atoms with Gasteiger partial charge in [-0.05, 0) is 26.0 Å². The van der Waals surface area contributed by atoms with Crippen LogP contribution in [0.5, 0.6) is 0 Å². The molecule has 0 spiro atoms. The number of nitrogens with zero attached hydrogens (tertiary/aromatic N) is 2. The summed E-state index contributed by atoms with van der Waals surface area (Å²) in [5.41, 5.74) is 2.48. The van der Waals surface area contributed by atoms with Gasteiger partial charge in [-0.25, -0.2) is 13.8 Å². The van der Waals surface area contributed by atoms with Gasteiger partial charge in [0.25, 0.3) is 0 Å². The number of hydrogen-bond donors (Lipinski definition) is 0.